The Kier molecular flexibility index (Phi) is 4.60. The second-order valence-corrected chi connectivity index (χ2v) is 7.32. The highest BCUT2D eigenvalue weighted by atomic mass is 16.4. The lowest BCUT2D eigenvalue weighted by Gasteiger charge is -2.34. The van der Waals surface area contributed by atoms with Gasteiger partial charge in [-0.05, 0) is 37.5 Å². The van der Waals surface area contributed by atoms with E-state index in [4.69, 9.17) is 5.11 Å². The number of carbonyl (C=O) groups is 3. The smallest absolute Gasteiger partial charge is 0.307 e. The van der Waals surface area contributed by atoms with E-state index in [1.165, 1.54) is 0 Å². The first-order valence-electron chi connectivity index (χ1n) is 8.80. The Labute approximate surface area is 136 Å². The molecule has 0 aromatic heterocycles. The number of carboxylic acid groups (broad SMARTS) is 1. The van der Waals surface area contributed by atoms with Gasteiger partial charge in [0.25, 0.3) is 0 Å². The second kappa shape index (κ2) is 6.49. The normalized spacial score (nSPS) is 27.5. The lowest BCUT2D eigenvalue weighted by Crippen LogP contribution is -2.46. The summed E-state index contributed by atoms with van der Waals surface area (Å²) in [4.78, 5) is 39.2. The third-order valence-corrected chi connectivity index (χ3v) is 5.85. The number of carboxylic acids is 1. The Morgan fingerprint density at radius 2 is 1.78 bits per heavy atom. The fourth-order valence-electron chi connectivity index (χ4n) is 4.10. The van der Waals surface area contributed by atoms with Gasteiger partial charge in [-0.2, -0.15) is 0 Å². The van der Waals surface area contributed by atoms with Crippen molar-refractivity contribution in [3.8, 4) is 0 Å². The van der Waals surface area contributed by atoms with Gasteiger partial charge in [-0.3, -0.25) is 14.4 Å². The van der Waals surface area contributed by atoms with Crippen molar-refractivity contribution in [2.75, 3.05) is 26.2 Å². The van der Waals surface area contributed by atoms with Crippen LogP contribution in [0, 0.1) is 11.3 Å². The highest BCUT2D eigenvalue weighted by Gasteiger charge is 2.59. The van der Waals surface area contributed by atoms with Gasteiger partial charge in [0.1, 0.15) is 0 Å². The topological polar surface area (TPSA) is 77.9 Å². The molecule has 6 nitrogen and oxygen atoms in total. The van der Waals surface area contributed by atoms with E-state index in [1.807, 2.05) is 4.90 Å². The van der Waals surface area contributed by atoms with E-state index in [0.29, 0.717) is 26.1 Å². The minimum Gasteiger partial charge on any atom is -0.481 e. The van der Waals surface area contributed by atoms with Gasteiger partial charge in [-0.15, -0.1) is 0 Å². The van der Waals surface area contributed by atoms with E-state index >= 15 is 0 Å². The summed E-state index contributed by atoms with van der Waals surface area (Å²) in [5.74, 6) is -0.798. The van der Waals surface area contributed by atoms with Crippen molar-refractivity contribution in [1.82, 2.24) is 9.80 Å². The maximum atomic E-state index is 12.5. The molecule has 3 fully saturated rings. The summed E-state index contributed by atoms with van der Waals surface area (Å²) in [7, 11) is 0. The van der Waals surface area contributed by atoms with Crippen molar-refractivity contribution in [2.45, 2.75) is 51.4 Å². The molecule has 0 radical (unpaired) electrons. The Morgan fingerprint density at radius 3 is 2.43 bits per heavy atom. The summed E-state index contributed by atoms with van der Waals surface area (Å²) < 4.78 is 0. The molecule has 1 saturated carbocycles. The highest BCUT2D eigenvalue weighted by Crippen LogP contribution is 2.59. The number of rotatable bonds is 3. The molecule has 23 heavy (non-hydrogen) atoms. The number of hydrogen-bond acceptors (Lipinski definition) is 3. The number of likely N-dealkylation sites (tertiary alicyclic amines) is 2. The third-order valence-electron chi connectivity index (χ3n) is 5.85. The Balaban J connectivity index is 1.49. The summed E-state index contributed by atoms with van der Waals surface area (Å²) in [6.07, 6.45) is 7.00. The molecule has 3 aliphatic rings. The minimum atomic E-state index is -0.698. The van der Waals surface area contributed by atoms with E-state index in [9.17, 15) is 14.4 Å². The van der Waals surface area contributed by atoms with Crippen molar-refractivity contribution in [3.05, 3.63) is 0 Å². The van der Waals surface area contributed by atoms with Crippen molar-refractivity contribution in [3.63, 3.8) is 0 Å². The van der Waals surface area contributed by atoms with Gasteiger partial charge in [-0.1, -0.05) is 12.8 Å². The Bertz CT molecular complexity index is 497. The van der Waals surface area contributed by atoms with Gasteiger partial charge in [0, 0.05) is 26.1 Å². The van der Waals surface area contributed by atoms with E-state index in [1.54, 1.807) is 4.90 Å². The van der Waals surface area contributed by atoms with Crippen LogP contribution in [0.15, 0.2) is 0 Å². The number of nitrogens with zero attached hydrogens (tertiary/aromatic N) is 2. The van der Waals surface area contributed by atoms with Crippen molar-refractivity contribution in [1.29, 1.82) is 0 Å². The van der Waals surface area contributed by atoms with E-state index in [-0.39, 0.29) is 29.7 Å². The monoisotopic (exact) mass is 322 g/mol. The van der Waals surface area contributed by atoms with Gasteiger partial charge in [0.15, 0.2) is 0 Å². The van der Waals surface area contributed by atoms with Crippen LogP contribution in [0.2, 0.25) is 0 Å². The number of aliphatic carboxylic acids is 1. The van der Waals surface area contributed by atoms with Crippen LogP contribution in [0.4, 0.5) is 0 Å². The third kappa shape index (κ3) is 3.51. The highest BCUT2D eigenvalue weighted by molar-refractivity contribution is 5.85. The lowest BCUT2D eigenvalue weighted by molar-refractivity contribution is -0.142. The molecule has 0 bridgehead atoms. The molecule has 0 aromatic carbocycles. The molecule has 2 amide bonds. The minimum absolute atomic E-state index is 0.0151. The fourth-order valence-corrected chi connectivity index (χ4v) is 4.10. The Hall–Kier alpha value is -1.59. The predicted molar refractivity (Wildman–Crippen MR) is 83.7 cm³/mol. The average Bonchev–Trinajstić information content (AvgIpc) is 3.21. The predicted octanol–water partition coefficient (Wildman–Crippen LogP) is 1.49. The number of carbonyl (C=O) groups excluding carboxylic acids is 2. The summed E-state index contributed by atoms with van der Waals surface area (Å²) in [5, 5.41) is 9.12. The lowest BCUT2D eigenvalue weighted by atomic mass is 9.91. The molecule has 2 heterocycles. The van der Waals surface area contributed by atoms with Gasteiger partial charge in [0.05, 0.1) is 12.5 Å². The van der Waals surface area contributed by atoms with Crippen LogP contribution in [-0.4, -0.2) is 58.9 Å². The number of hydrogen-bond donors (Lipinski definition) is 1. The molecule has 3 rings (SSSR count). The number of piperidine rings is 1. The van der Waals surface area contributed by atoms with Crippen LogP contribution < -0.4 is 0 Å². The fraction of sp³-hybridized carbons (Fsp3) is 0.824. The standard InChI is InChI=1S/C17H26N2O4/c20-14-5-3-1-2-4-8-19(14)12-15(21)18-9-6-17(7-10-18)11-13(17)16(22)23/h13H,1-12H2,(H,22,23)/t13-/m0/s1. The van der Waals surface area contributed by atoms with Crippen molar-refractivity contribution >= 4 is 17.8 Å². The first-order valence-corrected chi connectivity index (χ1v) is 8.80. The molecule has 1 N–H and O–H groups in total. The molecule has 6 heteroatoms. The zero-order chi connectivity index (χ0) is 16.4. The molecular weight excluding hydrogens is 296 g/mol. The second-order valence-electron chi connectivity index (χ2n) is 7.32. The van der Waals surface area contributed by atoms with Crippen LogP contribution in [0.5, 0.6) is 0 Å². The first kappa shape index (κ1) is 16.3. The quantitative estimate of drug-likeness (QED) is 0.854. The van der Waals surface area contributed by atoms with Gasteiger partial charge >= 0.3 is 5.97 Å². The maximum Gasteiger partial charge on any atom is 0.307 e. The van der Waals surface area contributed by atoms with E-state index in [2.05, 4.69) is 0 Å². The zero-order valence-electron chi connectivity index (χ0n) is 13.6. The van der Waals surface area contributed by atoms with Crippen LogP contribution in [0.1, 0.15) is 51.4 Å². The molecule has 1 spiro atoms. The average molecular weight is 322 g/mol. The zero-order valence-corrected chi connectivity index (χ0v) is 13.6. The Morgan fingerprint density at radius 1 is 1.09 bits per heavy atom. The van der Waals surface area contributed by atoms with E-state index < -0.39 is 5.97 Å². The summed E-state index contributed by atoms with van der Waals surface area (Å²) in [5.41, 5.74) is -0.0566. The first-order chi connectivity index (χ1) is 11.0. The van der Waals surface area contributed by atoms with Gasteiger partial charge in [-0.25, -0.2) is 0 Å². The summed E-state index contributed by atoms with van der Waals surface area (Å²) >= 11 is 0. The van der Waals surface area contributed by atoms with Crippen molar-refractivity contribution in [2.24, 2.45) is 11.3 Å². The molecule has 0 aromatic rings. The SMILES string of the molecule is O=C(O)[C@@H]1CC12CCN(C(=O)CN1CCCCCCC1=O)CC2. The molecule has 2 aliphatic heterocycles. The number of amides is 2. The summed E-state index contributed by atoms with van der Waals surface area (Å²) in [6.45, 7) is 2.13. The summed E-state index contributed by atoms with van der Waals surface area (Å²) in [6, 6.07) is 0. The molecule has 1 atom stereocenters. The van der Waals surface area contributed by atoms with Gasteiger partial charge < -0.3 is 14.9 Å². The van der Waals surface area contributed by atoms with Crippen LogP contribution in [0.3, 0.4) is 0 Å². The largest absolute Gasteiger partial charge is 0.481 e. The van der Waals surface area contributed by atoms with E-state index in [0.717, 1.165) is 44.9 Å². The van der Waals surface area contributed by atoms with Crippen molar-refractivity contribution < 1.29 is 19.5 Å². The molecule has 1 aliphatic carbocycles. The van der Waals surface area contributed by atoms with Crippen LogP contribution >= 0.6 is 0 Å². The van der Waals surface area contributed by atoms with Gasteiger partial charge in [0.2, 0.25) is 11.8 Å². The molecule has 0 unspecified atom stereocenters. The maximum absolute atomic E-state index is 12.5. The molecular formula is C17H26N2O4. The van der Waals surface area contributed by atoms with Crippen LogP contribution in [-0.2, 0) is 14.4 Å². The molecule has 2 saturated heterocycles. The van der Waals surface area contributed by atoms with Crippen LogP contribution in [0.25, 0.3) is 0 Å². The molecule has 128 valence electrons.